The van der Waals surface area contributed by atoms with Crippen molar-refractivity contribution in [2.24, 2.45) is 0 Å². The summed E-state index contributed by atoms with van der Waals surface area (Å²) in [7, 11) is 0. The molecule has 0 saturated carbocycles. The number of rotatable bonds is 4. The first-order valence-electron chi connectivity index (χ1n) is 6.48. The number of nitrogens with zero attached hydrogens (tertiary/aromatic N) is 1. The van der Waals surface area contributed by atoms with Crippen LogP contribution in [0.5, 0.6) is 5.88 Å². The fourth-order valence-corrected chi connectivity index (χ4v) is 2.43. The molecular formula is C15H18N2O2S. The van der Waals surface area contributed by atoms with Crippen LogP contribution in [0.3, 0.4) is 0 Å². The zero-order chi connectivity index (χ0) is 14.7. The Kier molecular flexibility index (Phi) is 4.49. The van der Waals surface area contributed by atoms with Crippen molar-refractivity contribution in [1.82, 2.24) is 9.97 Å². The smallest absolute Gasteiger partial charge is 0.262 e. The summed E-state index contributed by atoms with van der Waals surface area (Å²) in [6, 6.07) is 7.42. The highest BCUT2D eigenvalue weighted by molar-refractivity contribution is 7.99. The monoisotopic (exact) mass is 290 g/mol. The summed E-state index contributed by atoms with van der Waals surface area (Å²) in [5.41, 5.74) is 1.69. The van der Waals surface area contributed by atoms with Crippen LogP contribution in [-0.4, -0.2) is 20.3 Å². The fourth-order valence-electron chi connectivity index (χ4n) is 1.80. The normalized spacial score (nSPS) is 11.0. The minimum absolute atomic E-state index is 0.211. The maximum atomic E-state index is 12.1. The first-order valence-corrected chi connectivity index (χ1v) is 7.53. The molecule has 2 aromatic rings. The third-order valence-electron chi connectivity index (χ3n) is 2.84. The van der Waals surface area contributed by atoms with Crippen molar-refractivity contribution >= 4 is 11.8 Å². The maximum Gasteiger partial charge on any atom is 0.262 e. The number of hydrogen-bond donors (Lipinski definition) is 2. The molecule has 20 heavy (non-hydrogen) atoms. The van der Waals surface area contributed by atoms with E-state index in [1.807, 2.05) is 31.2 Å². The molecule has 0 fully saturated rings. The van der Waals surface area contributed by atoms with Gasteiger partial charge in [0.2, 0.25) is 5.88 Å². The number of hydrogen-bond acceptors (Lipinski definition) is 4. The van der Waals surface area contributed by atoms with Crippen LogP contribution in [0.4, 0.5) is 0 Å². The summed E-state index contributed by atoms with van der Waals surface area (Å²) in [6.07, 6.45) is 0. The van der Waals surface area contributed by atoms with Gasteiger partial charge < -0.3 is 10.1 Å². The average Bonchev–Trinajstić information content (AvgIpc) is 2.38. The minimum atomic E-state index is -0.305. The Bertz CT molecular complexity index is 648. The van der Waals surface area contributed by atoms with Gasteiger partial charge in [-0.05, 0) is 17.7 Å². The number of aromatic hydroxyl groups is 1. The van der Waals surface area contributed by atoms with Crippen molar-refractivity contribution in [2.75, 3.05) is 0 Å². The second-order valence-corrected chi connectivity index (χ2v) is 6.50. The van der Waals surface area contributed by atoms with Gasteiger partial charge >= 0.3 is 0 Å². The second kappa shape index (κ2) is 6.13. The van der Waals surface area contributed by atoms with Gasteiger partial charge in [0.1, 0.15) is 11.4 Å². The van der Waals surface area contributed by atoms with E-state index in [1.165, 1.54) is 0 Å². The van der Waals surface area contributed by atoms with Crippen LogP contribution in [0.1, 0.15) is 25.2 Å². The molecule has 1 heterocycles. The zero-order valence-corrected chi connectivity index (χ0v) is 12.6. The molecule has 2 rings (SSSR count). The lowest BCUT2D eigenvalue weighted by molar-refractivity contribution is 0.451. The second-order valence-electron chi connectivity index (χ2n) is 4.94. The number of aromatic nitrogens is 2. The Morgan fingerprint density at radius 1 is 1.30 bits per heavy atom. The van der Waals surface area contributed by atoms with E-state index in [4.69, 9.17) is 0 Å². The first kappa shape index (κ1) is 14.7. The van der Waals surface area contributed by atoms with Crippen molar-refractivity contribution in [1.29, 1.82) is 0 Å². The minimum Gasteiger partial charge on any atom is -0.493 e. The molecule has 4 nitrogen and oxygen atoms in total. The molecule has 0 radical (unpaired) electrons. The van der Waals surface area contributed by atoms with E-state index in [0.717, 1.165) is 5.56 Å². The number of H-pyrrole nitrogens is 1. The third-order valence-corrected chi connectivity index (χ3v) is 3.95. The Labute approximate surface area is 122 Å². The van der Waals surface area contributed by atoms with Crippen molar-refractivity contribution in [3.8, 4) is 17.0 Å². The molecule has 0 unspecified atom stereocenters. The summed E-state index contributed by atoms with van der Waals surface area (Å²) >= 11 is 1.66. The fraction of sp³-hybridized carbons (Fsp3) is 0.333. The number of benzene rings is 1. The van der Waals surface area contributed by atoms with Gasteiger partial charge in [-0.1, -0.05) is 43.7 Å². The van der Waals surface area contributed by atoms with Gasteiger partial charge in [0.25, 0.3) is 5.56 Å². The van der Waals surface area contributed by atoms with Gasteiger partial charge in [0.15, 0.2) is 0 Å². The Hall–Kier alpha value is -1.75. The van der Waals surface area contributed by atoms with E-state index in [2.05, 4.69) is 23.8 Å². The molecule has 0 aliphatic rings. The Morgan fingerprint density at radius 2 is 1.95 bits per heavy atom. The highest BCUT2D eigenvalue weighted by atomic mass is 32.2. The molecule has 1 aromatic carbocycles. The van der Waals surface area contributed by atoms with E-state index < -0.39 is 0 Å². The molecule has 0 aliphatic heterocycles. The molecule has 106 valence electrons. The van der Waals surface area contributed by atoms with E-state index in [0.29, 0.717) is 22.4 Å². The van der Waals surface area contributed by atoms with E-state index in [-0.39, 0.29) is 17.0 Å². The van der Waals surface area contributed by atoms with Gasteiger partial charge in [-0.25, -0.2) is 0 Å². The number of nitrogens with one attached hydrogen (secondary N) is 1. The van der Waals surface area contributed by atoms with Crippen LogP contribution >= 0.6 is 11.8 Å². The van der Waals surface area contributed by atoms with Crippen LogP contribution in [0, 0.1) is 6.92 Å². The predicted molar refractivity (Wildman–Crippen MR) is 83.1 cm³/mol. The summed E-state index contributed by atoms with van der Waals surface area (Å²) in [4.78, 5) is 18.9. The van der Waals surface area contributed by atoms with E-state index in [9.17, 15) is 9.90 Å². The van der Waals surface area contributed by atoms with Crippen molar-refractivity contribution in [2.45, 2.75) is 31.8 Å². The molecule has 0 spiro atoms. The molecular weight excluding hydrogens is 272 g/mol. The van der Waals surface area contributed by atoms with Crippen molar-refractivity contribution < 1.29 is 5.11 Å². The lowest BCUT2D eigenvalue weighted by Crippen LogP contribution is -2.14. The van der Waals surface area contributed by atoms with Gasteiger partial charge in [-0.15, -0.1) is 0 Å². The van der Waals surface area contributed by atoms with E-state index in [1.54, 1.807) is 11.8 Å². The average molecular weight is 290 g/mol. The summed E-state index contributed by atoms with van der Waals surface area (Å²) < 4.78 is 0. The molecule has 0 aliphatic carbocycles. The molecule has 5 heteroatoms. The van der Waals surface area contributed by atoms with Crippen LogP contribution in [0.2, 0.25) is 0 Å². The first-order chi connectivity index (χ1) is 9.47. The molecule has 1 aromatic heterocycles. The quantitative estimate of drug-likeness (QED) is 0.908. The molecule has 0 amide bonds. The molecule has 0 bridgehead atoms. The van der Waals surface area contributed by atoms with Crippen LogP contribution in [-0.2, 0) is 5.75 Å². The van der Waals surface area contributed by atoms with Crippen LogP contribution in [0.25, 0.3) is 11.1 Å². The van der Waals surface area contributed by atoms with E-state index >= 15 is 0 Å². The predicted octanol–water partition coefficient (Wildman–Crippen LogP) is 3.09. The molecule has 2 N–H and O–H groups in total. The van der Waals surface area contributed by atoms with Gasteiger partial charge in [-0.3, -0.25) is 4.79 Å². The summed E-state index contributed by atoms with van der Waals surface area (Å²) in [6.45, 7) is 6.12. The summed E-state index contributed by atoms with van der Waals surface area (Å²) in [5.74, 6) is 0.869. The lowest BCUT2D eigenvalue weighted by atomic mass is 10.1. The number of aromatic amines is 1. The van der Waals surface area contributed by atoms with Gasteiger partial charge in [0, 0.05) is 0 Å². The van der Waals surface area contributed by atoms with Crippen molar-refractivity contribution in [3.63, 3.8) is 0 Å². The SMILES string of the molecule is Cc1ccc(-c2c(O)nc(CSC(C)C)[nH]c2=O)cc1. The Morgan fingerprint density at radius 3 is 2.50 bits per heavy atom. The topological polar surface area (TPSA) is 66.0 Å². The lowest BCUT2D eigenvalue weighted by Gasteiger charge is -2.07. The molecule has 0 atom stereocenters. The largest absolute Gasteiger partial charge is 0.493 e. The van der Waals surface area contributed by atoms with Gasteiger partial charge in [0.05, 0.1) is 5.75 Å². The molecule has 0 saturated heterocycles. The van der Waals surface area contributed by atoms with Gasteiger partial charge in [-0.2, -0.15) is 16.7 Å². The summed E-state index contributed by atoms with van der Waals surface area (Å²) in [5, 5.41) is 10.5. The maximum absolute atomic E-state index is 12.1. The highest BCUT2D eigenvalue weighted by Gasteiger charge is 2.13. The van der Waals surface area contributed by atoms with Crippen molar-refractivity contribution in [3.05, 3.63) is 46.0 Å². The zero-order valence-electron chi connectivity index (χ0n) is 11.8. The number of thioether (sulfide) groups is 1. The Balaban J connectivity index is 2.36. The van der Waals surface area contributed by atoms with Crippen LogP contribution in [0.15, 0.2) is 29.1 Å². The number of aryl methyl sites for hydroxylation is 1. The third kappa shape index (κ3) is 3.42. The highest BCUT2D eigenvalue weighted by Crippen LogP contribution is 2.24. The standard InChI is InChI=1S/C15H18N2O2S/c1-9(2)20-8-12-16-14(18)13(15(19)17-12)11-6-4-10(3)5-7-11/h4-7,9H,8H2,1-3H3,(H2,16,17,18,19). The van der Waals surface area contributed by atoms with Crippen LogP contribution < -0.4 is 5.56 Å².